The standard InChI is InChI=1S/C20H26N2/c1-16-6-5-9-20(14-16)21-19-10-12-22(13-11-19)15-18-8-4-3-7-17(18)2/h3-9,14,19,21H,10-13,15H2,1-2H3. The Morgan fingerprint density at radius 1 is 1.00 bits per heavy atom. The molecule has 1 aliphatic rings. The second kappa shape index (κ2) is 6.97. The molecule has 0 aromatic heterocycles. The average molecular weight is 294 g/mol. The van der Waals surface area contributed by atoms with Gasteiger partial charge >= 0.3 is 0 Å². The summed E-state index contributed by atoms with van der Waals surface area (Å²) in [7, 11) is 0. The quantitative estimate of drug-likeness (QED) is 0.900. The van der Waals surface area contributed by atoms with E-state index in [9.17, 15) is 0 Å². The minimum atomic E-state index is 0.606. The smallest absolute Gasteiger partial charge is 0.0344 e. The number of rotatable bonds is 4. The first-order valence-corrected chi connectivity index (χ1v) is 8.31. The highest BCUT2D eigenvalue weighted by Gasteiger charge is 2.19. The molecular formula is C20H26N2. The zero-order valence-corrected chi connectivity index (χ0v) is 13.7. The summed E-state index contributed by atoms with van der Waals surface area (Å²) >= 11 is 0. The van der Waals surface area contributed by atoms with Gasteiger partial charge in [-0.15, -0.1) is 0 Å². The minimum absolute atomic E-state index is 0.606. The van der Waals surface area contributed by atoms with E-state index >= 15 is 0 Å². The van der Waals surface area contributed by atoms with Crippen LogP contribution in [0.4, 0.5) is 5.69 Å². The second-order valence-electron chi connectivity index (χ2n) is 6.49. The maximum Gasteiger partial charge on any atom is 0.0344 e. The van der Waals surface area contributed by atoms with Crippen LogP contribution in [0.2, 0.25) is 0 Å². The fourth-order valence-electron chi connectivity index (χ4n) is 3.23. The van der Waals surface area contributed by atoms with Crippen molar-refractivity contribution < 1.29 is 0 Å². The van der Waals surface area contributed by atoms with Gasteiger partial charge in [0, 0.05) is 31.4 Å². The zero-order valence-electron chi connectivity index (χ0n) is 13.7. The Bertz CT molecular complexity index is 613. The maximum absolute atomic E-state index is 3.69. The van der Waals surface area contributed by atoms with E-state index in [4.69, 9.17) is 0 Å². The summed E-state index contributed by atoms with van der Waals surface area (Å²) in [6.45, 7) is 7.80. The van der Waals surface area contributed by atoms with Crippen LogP contribution in [0.15, 0.2) is 48.5 Å². The first-order valence-electron chi connectivity index (χ1n) is 8.31. The van der Waals surface area contributed by atoms with Crippen LogP contribution in [0.5, 0.6) is 0 Å². The molecule has 0 aliphatic carbocycles. The third-order valence-electron chi connectivity index (χ3n) is 4.63. The molecule has 0 unspecified atom stereocenters. The lowest BCUT2D eigenvalue weighted by Crippen LogP contribution is -2.38. The molecule has 1 fully saturated rings. The van der Waals surface area contributed by atoms with E-state index in [2.05, 4.69) is 72.6 Å². The highest BCUT2D eigenvalue weighted by Crippen LogP contribution is 2.19. The molecule has 3 rings (SSSR count). The molecule has 22 heavy (non-hydrogen) atoms. The number of benzene rings is 2. The Balaban J connectivity index is 1.51. The molecule has 2 nitrogen and oxygen atoms in total. The van der Waals surface area contributed by atoms with Gasteiger partial charge in [0.15, 0.2) is 0 Å². The summed E-state index contributed by atoms with van der Waals surface area (Å²) in [6, 6.07) is 18.0. The van der Waals surface area contributed by atoms with Crippen molar-refractivity contribution in [3.05, 3.63) is 65.2 Å². The van der Waals surface area contributed by atoms with Gasteiger partial charge < -0.3 is 5.32 Å². The van der Waals surface area contributed by atoms with Crippen LogP contribution in [-0.2, 0) is 6.54 Å². The number of likely N-dealkylation sites (tertiary alicyclic amines) is 1. The van der Waals surface area contributed by atoms with Crippen LogP contribution in [0.25, 0.3) is 0 Å². The van der Waals surface area contributed by atoms with Gasteiger partial charge in [-0.25, -0.2) is 0 Å². The number of piperidine rings is 1. The first kappa shape index (κ1) is 15.1. The largest absolute Gasteiger partial charge is 0.382 e. The van der Waals surface area contributed by atoms with Crippen molar-refractivity contribution >= 4 is 5.69 Å². The lowest BCUT2D eigenvalue weighted by Gasteiger charge is -2.33. The van der Waals surface area contributed by atoms with Gasteiger partial charge in [0.1, 0.15) is 0 Å². The SMILES string of the molecule is Cc1cccc(NC2CCN(Cc3ccccc3C)CC2)c1. The predicted molar refractivity (Wildman–Crippen MR) is 94.3 cm³/mol. The van der Waals surface area contributed by atoms with Crippen molar-refractivity contribution in [2.45, 2.75) is 39.3 Å². The molecule has 0 atom stereocenters. The Labute approximate surface area is 134 Å². The van der Waals surface area contributed by atoms with Gasteiger partial charge in [0.25, 0.3) is 0 Å². The Kier molecular flexibility index (Phi) is 4.79. The lowest BCUT2D eigenvalue weighted by molar-refractivity contribution is 0.211. The van der Waals surface area contributed by atoms with E-state index < -0.39 is 0 Å². The summed E-state index contributed by atoms with van der Waals surface area (Å²) in [5, 5.41) is 3.69. The third-order valence-corrected chi connectivity index (χ3v) is 4.63. The summed E-state index contributed by atoms with van der Waals surface area (Å²) in [5.41, 5.74) is 5.45. The molecular weight excluding hydrogens is 268 g/mol. The molecule has 0 amide bonds. The fourth-order valence-corrected chi connectivity index (χ4v) is 3.23. The van der Waals surface area contributed by atoms with Crippen molar-refractivity contribution in [2.75, 3.05) is 18.4 Å². The topological polar surface area (TPSA) is 15.3 Å². The molecule has 1 aliphatic heterocycles. The van der Waals surface area contributed by atoms with E-state index in [0.29, 0.717) is 6.04 Å². The van der Waals surface area contributed by atoms with Crippen molar-refractivity contribution in [1.29, 1.82) is 0 Å². The summed E-state index contributed by atoms with van der Waals surface area (Å²) in [6.07, 6.45) is 2.44. The van der Waals surface area contributed by atoms with Gasteiger partial charge in [-0.3, -0.25) is 4.90 Å². The van der Waals surface area contributed by atoms with Gasteiger partial charge in [0.2, 0.25) is 0 Å². The summed E-state index contributed by atoms with van der Waals surface area (Å²) in [4.78, 5) is 2.58. The molecule has 0 radical (unpaired) electrons. The van der Waals surface area contributed by atoms with E-state index in [1.165, 1.54) is 48.3 Å². The van der Waals surface area contributed by atoms with Crippen LogP contribution in [-0.4, -0.2) is 24.0 Å². The van der Waals surface area contributed by atoms with Crippen LogP contribution in [0.3, 0.4) is 0 Å². The fraction of sp³-hybridized carbons (Fsp3) is 0.400. The summed E-state index contributed by atoms with van der Waals surface area (Å²) < 4.78 is 0. The average Bonchev–Trinajstić information content (AvgIpc) is 2.52. The number of hydrogen-bond acceptors (Lipinski definition) is 2. The number of nitrogens with zero attached hydrogens (tertiary/aromatic N) is 1. The normalized spacial score (nSPS) is 16.6. The van der Waals surface area contributed by atoms with Crippen molar-refractivity contribution in [3.8, 4) is 0 Å². The number of anilines is 1. The molecule has 1 heterocycles. The molecule has 0 saturated carbocycles. The molecule has 1 saturated heterocycles. The lowest BCUT2D eigenvalue weighted by atomic mass is 10.0. The third kappa shape index (κ3) is 3.89. The maximum atomic E-state index is 3.69. The van der Waals surface area contributed by atoms with Crippen molar-refractivity contribution in [1.82, 2.24) is 4.90 Å². The Morgan fingerprint density at radius 3 is 2.50 bits per heavy atom. The highest BCUT2D eigenvalue weighted by atomic mass is 15.1. The summed E-state index contributed by atoms with van der Waals surface area (Å²) in [5.74, 6) is 0. The highest BCUT2D eigenvalue weighted by molar-refractivity contribution is 5.46. The molecule has 2 aromatic carbocycles. The first-order chi connectivity index (χ1) is 10.7. The van der Waals surface area contributed by atoms with Crippen LogP contribution in [0, 0.1) is 13.8 Å². The zero-order chi connectivity index (χ0) is 15.4. The predicted octanol–water partition coefficient (Wildman–Crippen LogP) is 4.38. The van der Waals surface area contributed by atoms with E-state index in [-0.39, 0.29) is 0 Å². The number of hydrogen-bond donors (Lipinski definition) is 1. The van der Waals surface area contributed by atoms with E-state index in [1.807, 2.05) is 0 Å². The molecule has 0 bridgehead atoms. The minimum Gasteiger partial charge on any atom is -0.382 e. The molecule has 0 spiro atoms. The van der Waals surface area contributed by atoms with Gasteiger partial charge in [-0.05, 0) is 55.5 Å². The van der Waals surface area contributed by atoms with Gasteiger partial charge in [-0.1, -0.05) is 36.4 Å². The molecule has 1 N–H and O–H groups in total. The number of nitrogens with one attached hydrogen (secondary N) is 1. The molecule has 2 heteroatoms. The monoisotopic (exact) mass is 294 g/mol. The van der Waals surface area contributed by atoms with Crippen molar-refractivity contribution in [2.24, 2.45) is 0 Å². The van der Waals surface area contributed by atoms with Crippen LogP contribution < -0.4 is 5.32 Å². The Morgan fingerprint density at radius 2 is 1.77 bits per heavy atom. The van der Waals surface area contributed by atoms with E-state index in [1.54, 1.807) is 0 Å². The van der Waals surface area contributed by atoms with Crippen LogP contribution >= 0.6 is 0 Å². The number of aryl methyl sites for hydroxylation is 2. The van der Waals surface area contributed by atoms with Crippen LogP contribution in [0.1, 0.15) is 29.5 Å². The Hall–Kier alpha value is -1.80. The molecule has 116 valence electrons. The molecule has 2 aromatic rings. The van der Waals surface area contributed by atoms with Crippen molar-refractivity contribution in [3.63, 3.8) is 0 Å². The van der Waals surface area contributed by atoms with Gasteiger partial charge in [-0.2, -0.15) is 0 Å². The van der Waals surface area contributed by atoms with E-state index in [0.717, 1.165) is 6.54 Å². The second-order valence-corrected chi connectivity index (χ2v) is 6.49. The van der Waals surface area contributed by atoms with Gasteiger partial charge in [0.05, 0.1) is 0 Å².